The predicted octanol–water partition coefficient (Wildman–Crippen LogP) is 1.75. The Bertz CT molecular complexity index is 680. The molecule has 0 aromatic heterocycles. The van der Waals surface area contributed by atoms with Crippen molar-refractivity contribution in [3.05, 3.63) is 29.8 Å². The van der Waals surface area contributed by atoms with Crippen LogP contribution < -0.4 is 9.47 Å². The zero-order valence-corrected chi connectivity index (χ0v) is 15.3. The van der Waals surface area contributed by atoms with E-state index in [4.69, 9.17) is 9.47 Å². The van der Waals surface area contributed by atoms with E-state index in [1.54, 1.807) is 18.2 Å². The monoisotopic (exact) mass is 366 g/mol. The third kappa shape index (κ3) is 6.12. The zero-order chi connectivity index (χ0) is 19.7. The van der Waals surface area contributed by atoms with Crippen molar-refractivity contribution in [1.82, 2.24) is 0 Å². The molecule has 2 atom stereocenters. The summed E-state index contributed by atoms with van der Waals surface area (Å²) in [4.78, 5) is 34.4. The quantitative estimate of drug-likeness (QED) is 0.390. The van der Waals surface area contributed by atoms with E-state index in [2.05, 4.69) is 14.2 Å². The maximum Gasteiger partial charge on any atom is 0.346 e. The van der Waals surface area contributed by atoms with Crippen molar-refractivity contribution in [3.63, 3.8) is 0 Å². The minimum Gasteiger partial charge on any atom is -0.475 e. The normalized spacial score (nSPS) is 12.8. The fourth-order valence-corrected chi connectivity index (χ4v) is 1.86. The molecule has 0 aliphatic carbocycles. The van der Waals surface area contributed by atoms with Gasteiger partial charge in [-0.25, -0.2) is 14.4 Å². The van der Waals surface area contributed by atoms with Crippen LogP contribution in [0.25, 0.3) is 6.08 Å². The summed E-state index contributed by atoms with van der Waals surface area (Å²) >= 11 is 0. The first kappa shape index (κ1) is 21.0. The van der Waals surface area contributed by atoms with Crippen LogP contribution in [0.5, 0.6) is 11.5 Å². The van der Waals surface area contributed by atoms with E-state index in [1.165, 1.54) is 47.3 Å². The molecule has 142 valence electrons. The number of esters is 3. The molecule has 0 saturated carbocycles. The first-order valence-corrected chi connectivity index (χ1v) is 7.71. The van der Waals surface area contributed by atoms with E-state index in [0.29, 0.717) is 5.56 Å². The van der Waals surface area contributed by atoms with Crippen molar-refractivity contribution in [2.24, 2.45) is 0 Å². The van der Waals surface area contributed by atoms with Crippen molar-refractivity contribution >= 4 is 24.0 Å². The van der Waals surface area contributed by atoms with Crippen molar-refractivity contribution < 1.29 is 38.1 Å². The fourth-order valence-electron chi connectivity index (χ4n) is 1.86. The molecule has 0 saturated heterocycles. The Hall–Kier alpha value is -3.03. The molecule has 0 spiro atoms. The molecular weight excluding hydrogens is 344 g/mol. The maximum absolute atomic E-state index is 11.6. The van der Waals surface area contributed by atoms with Gasteiger partial charge in [0.1, 0.15) is 0 Å². The van der Waals surface area contributed by atoms with Crippen LogP contribution in [-0.4, -0.2) is 51.4 Å². The first-order valence-electron chi connectivity index (χ1n) is 7.71. The van der Waals surface area contributed by atoms with Gasteiger partial charge in [0.15, 0.2) is 23.7 Å². The molecule has 0 aliphatic heterocycles. The molecular formula is C18H22O8. The van der Waals surface area contributed by atoms with Gasteiger partial charge in [0.25, 0.3) is 0 Å². The standard InChI is InChI=1S/C18H22O8/c1-11(17(20)23-4)25-14-8-6-13(7-9-16(19)22-3)10-15(14)26-12(2)18(21)24-5/h6-12H,1-5H3/b9-7+/t11-,12+/m0/s1. The minimum atomic E-state index is -0.907. The van der Waals surface area contributed by atoms with Gasteiger partial charge < -0.3 is 23.7 Å². The number of carbonyl (C=O) groups is 3. The Morgan fingerprint density at radius 3 is 1.88 bits per heavy atom. The topological polar surface area (TPSA) is 97.4 Å². The average molecular weight is 366 g/mol. The van der Waals surface area contributed by atoms with Crippen LogP contribution in [0.3, 0.4) is 0 Å². The molecule has 0 radical (unpaired) electrons. The van der Waals surface area contributed by atoms with Gasteiger partial charge in [-0.05, 0) is 37.6 Å². The SMILES string of the molecule is COC(=O)/C=C/c1ccc(O[C@@H](C)C(=O)OC)c(O[C@H](C)C(=O)OC)c1. The molecule has 0 N–H and O–H groups in total. The van der Waals surface area contributed by atoms with Crippen LogP contribution in [0.2, 0.25) is 0 Å². The molecule has 0 aliphatic rings. The highest BCUT2D eigenvalue weighted by molar-refractivity contribution is 5.87. The molecule has 0 fully saturated rings. The Morgan fingerprint density at radius 2 is 1.38 bits per heavy atom. The second-order valence-corrected chi connectivity index (χ2v) is 5.13. The summed E-state index contributed by atoms with van der Waals surface area (Å²) in [6.07, 6.45) is 0.956. The molecule has 1 aromatic rings. The molecule has 0 heterocycles. The highest BCUT2D eigenvalue weighted by atomic mass is 16.6. The second kappa shape index (κ2) is 10.1. The summed E-state index contributed by atoms with van der Waals surface area (Å²) < 4.78 is 24.9. The number of hydrogen-bond donors (Lipinski definition) is 0. The zero-order valence-electron chi connectivity index (χ0n) is 15.3. The number of hydrogen-bond acceptors (Lipinski definition) is 8. The summed E-state index contributed by atoms with van der Waals surface area (Å²) in [7, 11) is 3.76. The van der Waals surface area contributed by atoms with Crippen LogP contribution in [0.15, 0.2) is 24.3 Å². The van der Waals surface area contributed by atoms with E-state index in [-0.39, 0.29) is 11.5 Å². The molecule has 0 bridgehead atoms. The van der Waals surface area contributed by atoms with Crippen molar-refractivity contribution in [2.75, 3.05) is 21.3 Å². The van der Waals surface area contributed by atoms with Crippen LogP contribution in [0, 0.1) is 0 Å². The first-order chi connectivity index (χ1) is 12.3. The average Bonchev–Trinajstić information content (AvgIpc) is 2.65. The molecule has 1 rings (SSSR count). The lowest BCUT2D eigenvalue weighted by molar-refractivity contribution is -0.149. The van der Waals surface area contributed by atoms with Gasteiger partial charge in [0, 0.05) is 6.08 Å². The van der Waals surface area contributed by atoms with E-state index in [0.717, 1.165) is 0 Å². The summed E-state index contributed by atoms with van der Waals surface area (Å²) in [6.45, 7) is 3.03. The van der Waals surface area contributed by atoms with E-state index >= 15 is 0 Å². The fraction of sp³-hybridized carbons (Fsp3) is 0.389. The highest BCUT2D eigenvalue weighted by Crippen LogP contribution is 2.31. The van der Waals surface area contributed by atoms with E-state index in [9.17, 15) is 14.4 Å². The lowest BCUT2D eigenvalue weighted by Crippen LogP contribution is -2.27. The van der Waals surface area contributed by atoms with Crippen LogP contribution in [0.1, 0.15) is 19.4 Å². The maximum atomic E-state index is 11.6. The number of methoxy groups -OCH3 is 3. The largest absolute Gasteiger partial charge is 0.475 e. The van der Waals surface area contributed by atoms with Gasteiger partial charge in [0.2, 0.25) is 0 Å². The van der Waals surface area contributed by atoms with Gasteiger partial charge in [0.05, 0.1) is 21.3 Å². The molecule has 8 heteroatoms. The van der Waals surface area contributed by atoms with Gasteiger partial charge in [-0.3, -0.25) is 0 Å². The van der Waals surface area contributed by atoms with Crippen molar-refractivity contribution in [2.45, 2.75) is 26.1 Å². The minimum absolute atomic E-state index is 0.200. The lowest BCUT2D eigenvalue weighted by Gasteiger charge is -2.19. The Labute approximate surface area is 151 Å². The summed E-state index contributed by atoms with van der Waals surface area (Å²) in [5.74, 6) is -1.23. The molecule has 8 nitrogen and oxygen atoms in total. The van der Waals surface area contributed by atoms with E-state index < -0.39 is 30.1 Å². The number of benzene rings is 1. The van der Waals surface area contributed by atoms with E-state index in [1.807, 2.05) is 0 Å². The van der Waals surface area contributed by atoms with Gasteiger partial charge in [-0.1, -0.05) is 6.07 Å². The van der Waals surface area contributed by atoms with Gasteiger partial charge >= 0.3 is 17.9 Å². The summed E-state index contributed by atoms with van der Waals surface area (Å²) in [5, 5.41) is 0. The van der Waals surface area contributed by atoms with Crippen LogP contribution in [-0.2, 0) is 28.6 Å². The molecule has 26 heavy (non-hydrogen) atoms. The van der Waals surface area contributed by atoms with Crippen molar-refractivity contribution in [1.29, 1.82) is 0 Å². The molecule has 0 unspecified atom stereocenters. The summed E-state index contributed by atoms with van der Waals surface area (Å²) in [5.41, 5.74) is 0.598. The van der Waals surface area contributed by atoms with Gasteiger partial charge in [-0.2, -0.15) is 0 Å². The molecule has 1 aromatic carbocycles. The third-order valence-corrected chi connectivity index (χ3v) is 3.25. The Kier molecular flexibility index (Phi) is 8.14. The third-order valence-electron chi connectivity index (χ3n) is 3.25. The lowest BCUT2D eigenvalue weighted by atomic mass is 10.2. The summed E-state index contributed by atoms with van der Waals surface area (Å²) in [6, 6.07) is 4.75. The van der Waals surface area contributed by atoms with Crippen LogP contribution >= 0.6 is 0 Å². The number of ether oxygens (including phenoxy) is 5. The Balaban J connectivity index is 3.14. The number of carbonyl (C=O) groups excluding carboxylic acids is 3. The van der Waals surface area contributed by atoms with Crippen LogP contribution in [0.4, 0.5) is 0 Å². The van der Waals surface area contributed by atoms with Gasteiger partial charge in [-0.15, -0.1) is 0 Å². The highest BCUT2D eigenvalue weighted by Gasteiger charge is 2.21. The number of rotatable bonds is 8. The second-order valence-electron chi connectivity index (χ2n) is 5.13. The predicted molar refractivity (Wildman–Crippen MR) is 91.7 cm³/mol. The van der Waals surface area contributed by atoms with Crippen molar-refractivity contribution in [3.8, 4) is 11.5 Å². The Morgan fingerprint density at radius 1 is 0.846 bits per heavy atom. The molecule has 0 amide bonds. The smallest absolute Gasteiger partial charge is 0.346 e.